The molecule has 0 fully saturated rings. The highest BCUT2D eigenvalue weighted by Gasteiger charge is 2.20. The summed E-state index contributed by atoms with van der Waals surface area (Å²) in [7, 11) is 0. The van der Waals surface area contributed by atoms with Gasteiger partial charge in [0.05, 0.1) is 21.4 Å². The zero-order chi connectivity index (χ0) is 19.5. The first-order valence-corrected chi connectivity index (χ1v) is 9.48. The summed E-state index contributed by atoms with van der Waals surface area (Å²) in [6, 6.07) is 11.6. The Hall–Kier alpha value is -3.58. The summed E-state index contributed by atoms with van der Waals surface area (Å²) >= 11 is 1.56. The predicted molar refractivity (Wildman–Crippen MR) is 116 cm³/mol. The van der Waals surface area contributed by atoms with Crippen LogP contribution in [0.5, 0.6) is 0 Å². The molecule has 1 amide bonds. The van der Waals surface area contributed by atoms with Crippen molar-refractivity contribution in [1.82, 2.24) is 10.3 Å². The molecule has 1 aromatic heterocycles. The summed E-state index contributed by atoms with van der Waals surface area (Å²) < 4.78 is 1.07. The van der Waals surface area contributed by atoms with E-state index >= 15 is 0 Å². The number of carbonyl (C=O) groups excluding carboxylic acids is 1. The van der Waals surface area contributed by atoms with E-state index in [9.17, 15) is 4.79 Å². The van der Waals surface area contributed by atoms with Crippen molar-refractivity contribution in [2.45, 2.75) is 6.92 Å². The lowest BCUT2D eigenvalue weighted by atomic mass is 10.1. The Kier molecular flexibility index (Phi) is 4.82. The van der Waals surface area contributed by atoms with Crippen molar-refractivity contribution in [3.63, 3.8) is 0 Å². The number of amides is 1. The lowest BCUT2D eigenvalue weighted by molar-refractivity contribution is -0.115. The zero-order valence-electron chi connectivity index (χ0n) is 15.1. The Balaban J connectivity index is 1.58. The van der Waals surface area contributed by atoms with Gasteiger partial charge in [0.1, 0.15) is 5.70 Å². The smallest absolute Gasteiger partial charge is 0.276 e. The van der Waals surface area contributed by atoms with Crippen molar-refractivity contribution < 1.29 is 4.79 Å². The van der Waals surface area contributed by atoms with Crippen LogP contribution in [0.3, 0.4) is 0 Å². The molecule has 0 bridgehead atoms. The van der Waals surface area contributed by atoms with Crippen molar-refractivity contribution in [3.05, 3.63) is 71.4 Å². The van der Waals surface area contributed by atoms with E-state index in [2.05, 4.69) is 32.2 Å². The molecular formula is C21H17N5OS. The normalized spacial score (nSPS) is 15.2. The summed E-state index contributed by atoms with van der Waals surface area (Å²) in [5, 5.41) is 5.89. The van der Waals surface area contributed by atoms with Gasteiger partial charge < -0.3 is 5.32 Å². The van der Waals surface area contributed by atoms with Crippen LogP contribution in [0.15, 0.2) is 70.2 Å². The molecule has 0 saturated carbocycles. The molecule has 0 atom stereocenters. The molecule has 4 rings (SSSR count). The molecule has 2 heterocycles. The molecule has 3 aromatic rings. The number of benzene rings is 2. The van der Waals surface area contributed by atoms with Gasteiger partial charge in [0.25, 0.3) is 5.91 Å². The number of nitrogens with one attached hydrogen (secondary N) is 2. The molecule has 1 aliphatic heterocycles. The van der Waals surface area contributed by atoms with E-state index in [1.807, 2.05) is 43.3 Å². The Morgan fingerprint density at radius 2 is 2.14 bits per heavy atom. The molecule has 138 valence electrons. The fourth-order valence-electron chi connectivity index (χ4n) is 2.74. The van der Waals surface area contributed by atoms with Gasteiger partial charge in [-0.3, -0.25) is 15.1 Å². The van der Waals surface area contributed by atoms with Crippen molar-refractivity contribution in [1.29, 1.82) is 0 Å². The second kappa shape index (κ2) is 7.58. The van der Waals surface area contributed by atoms with Crippen LogP contribution in [0.4, 0.5) is 11.4 Å². The van der Waals surface area contributed by atoms with Crippen LogP contribution < -0.4 is 10.6 Å². The highest BCUT2D eigenvalue weighted by molar-refractivity contribution is 7.16. The fraction of sp³-hybridized carbons (Fsp3) is 0.0476. The minimum atomic E-state index is -0.252. The van der Waals surface area contributed by atoms with Gasteiger partial charge >= 0.3 is 0 Å². The number of allylic oxidation sites excluding steroid dienone is 1. The second-order valence-corrected chi connectivity index (χ2v) is 7.05. The monoisotopic (exact) mass is 387 g/mol. The molecule has 0 spiro atoms. The number of rotatable bonds is 4. The molecular weight excluding hydrogens is 370 g/mol. The molecule has 7 heteroatoms. The first kappa shape index (κ1) is 17.8. The number of guanidine groups is 1. The van der Waals surface area contributed by atoms with Crippen LogP contribution in [-0.2, 0) is 4.79 Å². The molecule has 2 N–H and O–H groups in total. The van der Waals surface area contributed by atoms with Crippen molar-refractivity contribution in [2.24, 2.45) is 9.98 Å². The molecule has 28 heavy (non-hydrogen) atoms. The van der Waals surface area contributed by atoms with Gasteiger partial charge in [0.2, 0.25) is 5.96 Å². The van der Waals surface area contributed by atoms with E-state index in [1.54, 1.807) is 35.2 Å². The summed E-state index contributed by atoms with van der Waals surface area (Å²) in [4.78, 5) is 25.3. The Labute approximate surface area is 166 Å². The largest absolute Gasteiger partial charge is 0.326 e. The molecule has 2 aromatic carbocycles. The van der Waals surface area contributed by atoms with E-state index in [4.69, 9.17) is 0 Å². The van der Waals surface area contributed by atoms with Gasteiger partial charge in [-0.2, -0.15) is 0 Å². The number of carbonyl (C=O) groups is 1. The Bertz CT molecular complexity index is 1170. The number of hydrogen-bond acceptors (Lipinski definition) is 6. The number of anilines is 1. The SMILES string of the molecule is C=CC=Nc1cc(/C=C2\N=C(Nc3ccc4ncsc4c3)NC2=O)ccc1C. The maximum Gasteiger partial charge on any atom is 0.276 e. The van der Waals surface area contributed by atoms with Crippen molar-refractivity contribution in [2.75, 3.05) is 5.32 Å². The standard InChI is InChI=1S/C21H17N5OS/c1-3-8-22-17-9-14(5-4-13(17)2)10-18-20(27)26-21(25-18)24-15-6-7-16-19(11-15)28-12-23-16/h3-12H,1H2,2H3,(H2,24,25,26,27)/b18-10-,22-8?. The summed E-state index contributed by atoms with van der Waals surface area (Å²) in [5.74, 6) is 0.148. The molecule has 0 unspecified atom stereocenters. The Morgan fingerprint density at radius 3 is 3.00 bits per heavy atom. The van der Waals surface area contributed by atoms with E-state index in [1.165, 1.54) is 0 Å². The van der Waals surface area contributed by atoms with Gasteiger partial charge in [-0.05, 0) is 48.4 Å². The van der Waals surface area contributed by atoms with E-state index in [0.717, 1.165) is 32.7 Å². The van der Waals surface area contributed by atoms with Gasteiger partial charge in [0, 0.05) is 11.9 Å². The third-order valence-corrected chi connectivity index (χ3v) is 4.94. The topological polar surface area (TPSA) is 78.7 Å². The van der Waals surface area contributed by atoms with Gasteiger partial charge in [-0.1, -0.05) is 24.8 Å². The first-order chi connectivity index (χ1) is 13.6. The molecule has 1 aliphatic rings. The van der Waals surface area contributed by atoms with E-state index in [-0.39, 0.29) is 5.91 Å². The maximum atomic E-state index is 12.3. The third kappa shape index (κ3) is 3.74. The second-order valence-electron chi connectivity index (χ2n) is 6.16. The highest BCUT2D eigenvalue weighted by atomic mass is 32.1. The summed E-state index contributed by atoms with van der Waals surface area (Å²) in [5.41, 5.74) is 6.65. The minimum Gasteiger partial charge on any atom is -0.326 e. The van der Waals surface area contributed by atoms with Crippen LogP contribution in [0.1, 0.15) is 11.1 Å². The number of fused-ring (bicyclic) bond motifs is 1. The van der Waals surface area contributed by atoms with Crippen LogP contribution in [0.25, 0.3) is 16.3 Å². The number of nitrogens with zero attached hydrogens (tertiary/aromatic N) is 3. The average molecular weight is 387 g/mol. The highest BCUT2D eigenvalue weighted by Crippen LogP contribution is 2.24. The first-order valence-electron chi connectivity index (χ1n) is 8.60. The van der Waals surface area contributed by atoms with E-state index in [0.29, 0.717) is 11.7 Å². The maximum absolute atomic E-state index is 12.3. The Morgan fingerprint density at radius 1 is 1.25 bits per heavy atom. The number of aliphatic imine (C=N–C) groups is 2. The van der Waals surface area contributed by atoms with Crippen LogP contribution >= 0.6 is 11.3 Å². The number of hydrogen-bond donors (Lipinski definition) is 2. The number of aryl methyl sites for hydroxylation is 1. The van der Waals surface area contributed by atoms with E-state index < -0.39 is 0 Å². The average Bonchev–Trinajstić information content (AvgIpc) is 3.28. The summed E-state index contributed by atoms with van der Waals surface area (Å²) in [6.45, 7) is 5.62. The lowest BCUT2D eigenvalue weighted by Crippen LogP contribution is -2.29. The van der Waals surface area contributed by atoms with Crippen LogP contribution in [-0.4, -0.2) is 23.1 Å². The van der Waals surface area contributed by atoms with Crippen LogP contribution in [0.2, 0.25) is 0 Å². The molecule has 0 radical (unpaired) electrons. The molecule has 0 saturated heterocycles. The van der Waals surface area contributed by atoms with Gasteiger partial charge in [-0.25, -0.2) is 9.98 Å². The van der Waals surface area contributed by atoms with Crippen molar-refractivity contribution >= 4 is 57.1 Å². The zero-order valence-corrected chi connectivity index (χ0v) is 16.0. The predicted octanol–water partition coefficient (Wildman–Crippen LogP) is 4.43. The van der Waals surface area contributed by atoms with Gasteiger partial charge in [0.15, 0.2) is 0 Å². The minimum absolute atomic E-state index is 0.252. The quantitative estimate of drug-likeness (QED) is 0.513. The number of aromatic nitrogens is 1. The fourth-order valence-corrected chi connectivity index (χ4v) is 3.46. The van der Waals surface area contributed by atoms with Crippen molar-refractivity contribution in [3.8, 4) is 0 Å². The summed E-state index contributed by atoms with van der Waals surface area (Å²) in [6.07, 6.45) is 5.01. The van der Waals surface area contributed by atoms with Gasteiger partial charge in [-0.15, -0.1) is 11.3 Å². The number of thiazole rings is 1. The van der Waals surface area contributed by atoms with Crippen LogP contribution in [0, 0.1) is 6.92 Å². The molecule has 6 nitrogen and oxygen atoms in total. The molecule has 0 aliphatic carbocycles. The lowest BCUT2D eigenvalue weighted by Gasteiger charge is -2.04. The third-order valence-electron chi connectivity index (χ3n) is 4.15.